The van der Waals surface area contributed by atoms with E-state index in [4.69, 9.17) is 9.84 Å². The topological polar surface area (TPSA) is 119 Å². The molecule has 1 amide bonds. The lowest BCUT2D eigenvalue weighted by atomic mass is 9.84. The molecule has 1 unspecified atom stereocenters. The molecule has 0 spiro atoms. The Morgan fingerprint density at radius 3 is 2.63 bits per heavy atom. The summed E-state index contributed by atoms with van der Waals surface area (Å²) < 4.78 is 5.31. The third kappa shape index (κ3) is 7.24. The van der Waals surface area contributed by atoms with Gasteiger partial charge in [-0.3, -0.25) is 19.7 Å². The maximum absolute atomic E-state index is 12.2. The zero-order valence-corrected chi connectivity index (χ0v) is 15.3. The third-order valence-electron chi connectivity index (χ3n) is 4.84. The molecule has 2 N–H and O–H groups in total. The largest absolute Gasteiger partial charge is 0.481 e. The van der Waals surface area contributed by atoms with Crippen molar-refractivity contribution in [2.75, 3.05) is 6.61 Å². The number of rotatable bonds is 10. The molecule has 1 aliphatic rings. The van der Waals surface area contributed by atoms with Crippen molar-refractivity contribution in [3.63, 3.8) is 0 Å². The third-order valence-corrected chi connectivity index (χ3v) is 4.84. The van der Waals surface area contributed by atoms with Gasteiger partial charge in [0.1, 0.15) is 0 Å². The van der Waals surface area contributed by atoms with Crippen molar-refractivity contribution in [3.8, 4) is 5.75 Å². The summed E-state index contributed by atoms with van der Waals surface area (Å²) in [7, 11) is 0. The normalized spacial score (nSPS) is 15.7. The van der Waals surface area contributed by atoms with Crippen LogP contribution in [0.3, 0.4) is 0 Å². The van der Waals surface area contributed by atoms with Gasteiger partial charge in [0.15, 0.2) is 12.4 Å². The SMILES string of the molecule is O=C(O)CCC(CC1CCCCC1)NC(=O)COc1ccccc1[N+](=O)[O-]. The molecule has 27 heavy (non-hydrogen) atoms. The quantitative estimate of drug-likeness (QED) is 0.476. The van der Waals surface area contributed by atoms with E-state index in [1.807, 2.05) is 0 Å². The molecule has 8 heteroatoms. The van der Waals surface area contributed by atoms with Crippen molar-refractivity contribution < 1.29 is 24.4 Å². The molecule has 0 heterocycles. The van der Waals surface area contributed by atoms with Crippen molar-refractivity contribution in [2.24, 2.45) is 5.92 Å². The van der Waals surface area contributed by atoms with Gasteiger partial charge in [-0.05, 0) is 24.8 Å². The number of carboxylic acids is 1. The highest BCUT2D eigenvalue weighted by Gasteiger charge is 2.22. The fourth-order valence-corrected chi connectivity index (χ4v) is 3.51. The molecule has 0 saturated heterocycles. The van der Waals surface area contributed by atoms with Crippen molar-refractivity contribution in [2.45, 2.75) is 57.4 Å². The lowest BCUT2D eigenvalue weighted by Gasteiger charge is -2.27. The van der Waals surface area contributed by atoms with Gasteiger partial charge < -0.3 is 15.2 Å². The smallest absolute Gasteiger partial charge is 0.310 e. The first-order valence-corrected chi connectivity index (χ1v) is 9.33. The predicted octanol–water partition coefficient (Wildman–Crippen LogP) is 3.29. The molecule has 1 atom stereocenters. The number of nitro groups is 1. The first-order chi connectivity index (χ1) is 13.0. The number of carbonyl (C=O) groups is 2. The summed E-state index contributed by atoms with van der Waals surface area (Å²) in [5.41, 5.74) is -0.199. The van der Waals surface area contributed by atoms with Crippen LogP contribution in [0.25, 0.3) is 0 Å². The molecule has 1 aliphatic carbocycles. The van der Waals surface area contributed by atoms with E-state index in [2.05, 4.69) is 5.32 Å². The number of benzene rings is 1. The highest BCUT2D eigenvalue weighted by molar-refractivity contribution is 5.78. The van der Waals surface area contributed by atoms with Crippen LogP contribution in [0.4, 0.5) is 5.69 Å². The summed E-state index contributed by atoms with van der Waals surface area (Å²) in [6.45, 7) is -0.348. The summed E-state index contributed by atoms with van der Waals surface area (Å²) in [6, 6.07) is 5.64. The highest BCUT2D eigenvalue weighted by atomic mass is 16.6. The number of nitro benzene ring substituents is 1. The van der Waals surface area contributed by atoms with Gasteiger partial charge in [0.05, 0.1) is 4.92 Å². The van der Waals surface area contributed by atoms with Crippen molar-refractivity contribution in [1.29, 1.82) is 0 Å². The van der Waals surface area contributed by atoms with Crippen molar-refractivity contribution >= 4 is 17.6 Å². The van der Waals surface area contributed by atoms with Crippen LogP contribution in [0.15, 0.2) is 24.3 Å². The zero-order chi connectivity index (χ0) is 19.6. The summed E-state index contributed by atoms with van der Waals surface area (Å²) in [5.74, 6) is -0.769. The van der Waals surface area contributed by atoms with Crippen LogP contribution in [0.5, 0.6) is 5.75 Å². The maximum atomic E-state index is 12.2. The number of nitrogens with one attached hydrogen (secondary N) is 1. The number of hydrogen-bond acceptors (Lipinski definition) is 5. The molecule has 8 nitrogen and oxygen atoms in total. The Hall–Kier alpha value is -2.64. The fourth-order valence-electron chi connectivity index (χ4n) is 3.51. The summed E-state index contributed by atoms with van der Waals surface area (Å²) in [5, 5.41) is 22.8. The Balaban J connectivity index is 1.89. The van der Waals surface area contributed by atoms with Gasteiger partial charge in [0.25, 0.3) is 5.91 Å². The zero-order valence-electron chi connectivity index (χ0n) is 15.3. The molecule has 2 rings (SSSR count). The second-order valence-electron chi connectivity index (χ2n) is 6.95. The molecular weight excluding hydrogens is 352 g/mol. The molecule has 1 aromatic carbocycles. The minimum Gasteiger partial charge on any atom is -0.481 e. The molecule has 0 radical (unpaired) electrons. The number of aliphatic carboxylic acids is 1. The van der Waals surface area contributed by atoms with Crippen LogP contribution in [0.1, 0.15) is 51.4 Å². The Bertz CT molecular complexity index is 657. The van der Waals surface area contributed by atoms with Gasteiger partial charge in [-0.2, -0.15) is 0 Å². The number of carbonyl (C=O) groups excluding carboxylic acids is 1. The van der Waals surface area contributed by atoms with Gasteiger partial charge in [0.2, 0.25) is 0 Å². The second kappa shape index (κ2) is 10.5. The Morgan fingerprint density at radius 2 is 1.96 bits per heavy atom. The van der Waals surface area contributed by atoms with Crippen LogP contribution < -0.4 is 10.1 Å². The van der Waals surface area contributed by atoms with E-state index in [0.29, 0.717) is 12.3 Å². The Labute approximate surface area is 158 Å². The maximum Gasteiger partial charge on any atom is 0.310 e. The summed E-state index contributed by atoms with van der Waals surface area (Å²) >= 11 is 0. The minimum absolute atomic E-state index is 0.0112. The monoisotopic (exact) mass is 378 g/mol. The first kappa shape index (κ1) is 20.7. The standard InChI is InChI=1S/C19H26N2O6/c22-18(13-27-17-9-5-4-8-16(17)21(25)26)20-15(10-11-19(23)24)12-14-6-2-1-3-7-14/h4-5,8-9,14-15H,1-3,6-7,10-13H2,(H,20,22)(H,23,24). The average molecular weight is 378 g/mol. The van der Waals surface area contributed by atoms with Crippen LogP contribution >= 0.6 is 0 Å². The van der Waals surface area contributed by atoms with Gasteiger partial charge in [-0.1, -0.05) is 44.2 Å². The molecule has 0 aliphatic heterocycles. The summed E-state index contributed by atoms with van der Waals surface area (Å²) in [4.78, 5) is 33.6. The number of para-hydroxylation sites is 2. The molecule has 1 aromatic rings. The van der Waals surface area contributed by atoms with Crippen LogP contribution in [0.2, 0.25) is 0 Å². The Morgan fingerprint density at radius 1 is 1.26 bits per heavy atom. The lowest BCUT2D eigenvalue weighted by Crippen LogP contribution is -2.39. The highest BCUT2D eigenvalue weighted by Crippen LogP contribution is 2.28. The van der Waals surface area contributed by atoms with Crippen LogP contribution in [0, 0.1) is 16.0 Å². The van der Waals surface area contributed by atoms with Gasteiger partial charge in [-0.25, -0.2) is 0 Å². The molecule has 1 saturated carbocycles. The van der Waals surface area contributed by atoms with Crippen LogP contribution in [-0.4, -0.2) is 34.6 Å². The van der Waals surface area contributed by atoms with E-state index in [1.54, 1.807) is 6.07 Å². The van der Waals surface area contributed by atoms with Gasteiger partial charge in [0, 0.05) is 18.5 Å². The molecule has 0 bridgehead atoms. The number of ether oxygens (including phenoxy) is 1. The van der Waals surface area contributed by atoms with E-state index in [-0.39, 0.29) is 30.5 Å². The first-order valence-electron chi connectivity index (χ1n) is 9.33. The number of carboxylic acid groups (broad SMARTS) is 1. The van der Waals surface area contributed by atoms with E-state index in [1.165, 1.54) is 37.5 Å². The number of amides is 1. The minimum atomic E-state index is -0.894. The molecule has 148 valence electrons. The van der Waals surface area contributed by atoms with E-state index >= 15 is 0 Å². The van der Waals surface area contributed by atoms with E-state index < -0.39 is 16.8 Å². The van der Waals surface area contributed by atoms with E-state index in [0.717, 1.165) is 19.3 Å². The molecule has 1 fully saturated rings. The molecule has 0 aromatic heterocycles. The number of nitrogens with zero attached hydrogens (tertiary/aromatic N) is 1. The fraction of sp³-hybridized carbons (Fsp3) is 0.579. The van der Waals surface area contributed by atoms with Gasteiger partial charge >= 0.3 is 11.7 Å². The van der Waals surface area contributed by atoms with Crippen LogP contribution in [-0.2, 0) is 9.59 Å². The predicted molar refractivity (Wildman–Crippen MR) is 98.6 cm³/mol. The van der Waals surface area contributed by atoms with Crippen molar-refractivity contribution in [3.05, 3.63) is 34.4 Å². The lowest BCUT2D eigenvalue weighted by molar-refractivity contribution is -0.385. The average Bonchev–Trinajstić information content (AvgIpc) is 2.65. The Kier molecular flexibility index (Phi) is 8.03. The summed E-state index contributed by atoms with van der Waals surface area (Å²) in [6.07, 6.45) is 6.89. The molecular formula is C19H26N2O6. The number of hydrogen-bond donors (Lipinski definition) is 2. The van der Waals surface area contributed by atoms with Crippen molar-refractivity contribution in [1.82, 2.24) is 5.32 Å². The van der Waals surface area contributed by atoms with E-state index in [9.17, 15) is 19.7 Å². The second-order valence-corrected chi connectivity index (χ2v) is 6.95. The van der Waals surface area contributed by atoms with Gasteiger partial charge in [-0.15, -0.1) is 0 Å².